The number of carbonyl (C=O) groups excluding carboxylic acids is 3. The third-order valence-electron chi connectivity index (χ3n) is 4.76. The van der Waals surface area contributed by atoms with E-state index >= 15 is 0 Å². The first kappa shape index (κ1) is 21.5. The summed E-state index contributed by atoms with van der Waals surface area (Å²) in [5.41, 5.74) is 1.32. The van der Waals surface area contributed by atoms with Crippen LogP contribution in [0.15, 0.2) is 59.1 Å². The number of anilines is 2. The Bertz CT molecular complexity index is 974. The highest BCUT2D eigenvalue weighted by Gasteiger charge is 2.37. The summed E-state index contributed by atoms with van der Waals surface area (Å²) in [6.07, 6.45) is 0.192. The van der Waals surface area contributed by atoms with Crippen molar-refractivity contribution in [3.8, 4) is 6.07 Å². The molecule has 1 atom stereocenters. The molecule has 1 fully saturated rings. The van der Waals surface area contributed by atoms with Crippen LogP contribution < -0.4 is 9.80 Å². The molecule has 0 N–H and O–H groups in total. The molecule has 2 aromatic carbocycles. The molecule has 2 aromatic rings. The van der Waals surface area contributed by atoms with Crippen molar-refractivity contribution in [3.63, 3.8) is 0 Å². The molecule has 154 valence electrons. The Balaban J connectivity index is 1.60. The normalized spacial score (nSPS) is 15.5. The molecule has 1 aliphatic heterocycles. The molecule has 30 heavy (non-hydrogen) atoms. The number of hydrogen-bond donors (Lipinski definition) is 0. The van der Waals surface area contributed by atoms with Gasteiger partial charge in [-0.05, 0) is 40.2 Å². The van der Waals surface area contributed by atoms with Gasteiger partial charge in [-0.3, -0.25) is 14.4 Å². The Kier molecular flexibility index (Phi) is 7.20. The Labute approximate surface area is 183 Å². The SMILES string of the molecule is N#CCCN(C(=O)COC(=O)[C@@H]1CC(=O)N(c2ccccc2Br)C1)c1ccccc1. The van der Waals surface area contributed by atoms with Crippen molar-refractivity contribution >= 4 is 45.1 Å². The zero-order valence-electron chi connectivity index (χ0n) is 16.2. The fraction of sp³-hybridized carbons (Fsp3) is 0.273. The topological polar surface area (TPSA) is 90.7 Å². The first-order valence-electron chi connectivity index (χ1n) is 9.45. The molecular formula is C22H20BrN3O4. The van der Waals surface area contributed by atoms with E-state index in [1.54, 1.807) is 35.2 Å². The first-order chi connectivity index (χ1) is 14.5. The van der Waals surface area contributed by atoms with Crippen molar-refractivity contribution < 1.29 is 19.1 Å². The Hall–Kier alpha value is -3.18. The largest absolute Gasteiger partial charge is 0.455 e. The van der Waals surface area contributed by atoms with Gasteiger partial charge in [0.05, 0.1) is 24.1 Å². The molecule has 1 aliphatic rings. The lowest BCUT2D eigenvalue weighted by atomic mass is 10.1. The summed E-state index contributed by atoms with van der Waals surface area (Å²) in [5.74, 6) is -1.81. The van der Waals surface area contributed by atoms with E-state index in [1.165, 1.54) is 4.90 Å². The number of hydrogen-bond acceptors (Lipinski definition) is 5. The predicted molar refractivity (Wildman–Crippen MR) is 115 cm³/mol. The Morgan fingerprint density at radius 2 is 1.87 bits per heavy atom. The third kappa shape index (κ3) is 5.05. The second-order valence-corrected chi connectivity index (χ2v) is 7.61. The monoisotopic (exact) mass is 469 g/mol. The molecule has 0 radical (unpaired) electrons. The fourth-order valence-corrected chi connectivity index (χ4v) is 3.76. The van der Waals surface area contributed by atoms with Gasteiger partial charge in [0.2, 0.25) is 5.91 Å². The number of amides is 2. The van der Waals surface area contributed by atoms with Gasteiger partial charge in [0, 0.05) is 29.7 Å². The van der Waals surface area contributed by atoms with Gasteiger partial charge in [-0.25, -0.2) is 0 Å². The molecule has 0 saturated carbocycles. The predicted octanol–water partition coefficient (Wildman–Crippen LogP) is 3.29. The summed E-state index contributed by atoms with van der Waals surface area (Å²) in [6, 6.07) is 18.2. The Morgan fingerprint density at radius 1 is 1.17 bits per heavy atom. The van der Waals surface area contributed by atoms with Crippen molar-refractivity contribution in [3.05, 3.63) is 59.1 Å². The maximum Gasteiger partial charge on any atom is 0.311 e. The smallest absolute Gasteiger partial charge is 0.311 e. The van der Waals surface area contributed by atoms with Crippen molar-refractivity contribution in [2.45, 2.75) is 12.8 Å². The van der Waals surface area contributed by atoms with Crippen molar-refractivity contribution in [2.24, 2.45) is 5.92 Å². The summed E-state index contributed by atoms with van der Waals surface area (Å²) in [6.45, 7) is -0.0429. The third-order valence-corrected chi connectivity index (χ3v) is 5.43. The maximum atomic E-state index is 12.6. The van der Waals surface area contributed by atoms with E-state index in [4.69, 9.17) is 10.00 Å². The minimum absolute atomic E-state index is 0.0329. The minimum atomic E-state index is -0.637. The van der Waals surface area contributed by atoms with Gasteiger partial charge < -0.3 is 14.5 Å². The molecule has 2 amide bonds. The zero-order valence-corrected chi connectivity index (χ0v) is 17.7. The van der Waals surface area contributed by atoms with E-state index < -0.39 is 24.4 Å². The van der Waals surface area contributed by atoms with Gasteiger partial charge in [-0.15, -0.1) is 0 Å². The van der Waals surface area contributed by atoms with Gasteiger partial charge in [-0.2, -0.15) is 5.26 Å². The number of nitriles is 1. The van der Waals surface area contributed by atoms with Crippen molar-refractivity contribution in [1.82, 2.24) is 0 Å². The van der Waals surface area contributed by atoms with E-state index in [9.17, 15) is 14.4 Å². The van der Waals surface area contributed by atoms with E-state index in [0.717, 1.165) is 4.47 Å². The number of halogens is 1. The number of carbonyl (C=O) groups is 3. The second kappa shape index (κ2) is 10.0. The van der Waals surface area contributed by atoms with Crippen LogP contribution >= 0.6 is 15.9 Å². The lowest BCUT2D eigenvalue weighted by Gasteiger charge is -2.22. The number of ether oxygens (including phenoxy) is 1. The van der Waals surface area contributed by atoms with Crippen LogP contribution in [0.25, 0.3) is 0 Å². The van der Waals surface area contributed by atoms with E-state index in [-0.39, 0.29) is 31.8 Å². The maximum absolute atomic E-state index is 12.6. The summed E-state index contributed by atoms with van der Waals surface area (Å²) in [7, 11) is 0. The van der Waals surface area contributed by atoms with Crippen LogP contribution in [0.4, 0.5) is 11.4 Å². The molecule has 7 nitrogen and oxygen atoms in total. The lowest BCUT2D eigenvalue weighted by molar-refractivity contribution is -0.151. The number of rotatable bonds is 7. The zero-order chi connectivity index (χ0) is 21.5. The summed E-state index contributed by atoms with van der Waals surface area (Å²) >= 11 is 3.42. The molecule has 0 aliphatic carbocycles. The first-order valence-corrected chi connectivity index (χ1v) is 10.2. The van der Waals surface area contributed by atoms with E-state index in [0.29, 0.717) is 11.4 Å². The highest BCUT2D eigenvalue weighted by atomic mass is 79.9. The van der Waals surface area contributed by atoms with Crippen molar-refractivity contribution in [2.75, 3.05) is 29.5 Å². The van der Waals surface area contributed by atoms with Crippen LogP contribution in [0, 0.1) is 17.2 Å². The minimum Gasteiger partial charge on any atom is -0.455 e. The molecule has 0 unspecified atom stereocenters. The number of esters is 1. The standard InChI is InChI=1S/C22H20BrN3O4/c23-18-9-4-5-10-19(18)26-14-16(13-20(26)27)22(29)30-15-21(28)25(12-6-11-24)17-7-2-1-3-8-17/h1-5,7-10,16H,6,12-15H2/t16-/m1/s1. The van der Waals surface area contributed by atoms with Crippen molar-refractivity contribution in [1.29, 1.82) is 5.26 Å². The van der Waals surface area contributed by atoms with Gasteiger partial charge >= 0.3 is 5.97 Å². The molecule has 0 aromatic heterocycles. The average Bonchev–Trinajstić information content (AvgIpc) is 3.15. The molecular weight excluding hydrogens is 450 g/mol. The summed E-state index contributed by atoms with van der Waals surface area (Å²) < 4.78 is 5.99. The fourth-order valence-electron chi connectivity index (χ4n) is 3.27. The molecule has 3 rings (SSSR count). The van der Waals surface area contributed by atoms with Crippen LogP contribution in [-0.2, 0) is 19.1 Å². The van der Waals surface area contributed by atoms with Crippen LogP contribution in [0.2, 0.25) is 0 Å². The van der Waals surface area contributed by atoms with Crippen LogP contribution in [0.3, 0.4) is 0 Å². The van der Waals surface area contributed by atoms with Gasteiger partial charge in [0.15, 0.2) is 6.61 Å². The van der Waals surface area contributed by atoms with Crippen LogP contribution in [0.1, 0.15) is 12.8 Å². The molecule has 1 saturated heterocycles. The highest BCUT2D eigenvalue weighted by Crippen LogP contribution is 2.31. The molecule has 0 bridgehead atoms. The van der Waals surface area contributed by atoms with Gasteiger partial charge in [0.25, 0.3) is 5.91 Å². The van der Waals surface area contributed by atoms with Crippen LogP contribution in [0.5, 0.6) is 0 Å². The second-order valence-electron chi connectivity index (χ2n) is 6.75. The molecule has 1 heterocycles. The number of para-hydroxylation sites is 2. The molecule has 0 spiro atoms. The lowest BCUT2D eigenvalue weighted by Crippen LogP contribution is -2.36. The highest BCUT2D eigenvalue weighted by molar-refractivity contribution is 9.10. The quantitative estimate of drug-likeness (QED) is 0.580. The number of benzene rings is 2. The van der Waals surface area contributed by atoms with Crippen LogP contribution in [-0.4, -0.2) is 37.5 Å². The van der Waals surface area contributed by atoms with Gasteiger partial charge in [0.1, 0.15) is 0 Å². The summed E-state index contributed by atoms with van der Waals surface area (Å²) in [5, 5.41) is 8.86. The average molecular weight is 470 g/mol. The van der Waals surface area contributed by atoms with Gasteiger partial charge in [-0.1, -0.05) is 30.3 Å². The summed E-state index contributed by atoms with van der Waals surface area (Å²) in [4.78, 5) is 40.5. The number of nitrogens with zero attached hydrogens (tertiary/aromatic N) is 3. The van der Waals surface area contributed by atoms with E-state index in [2.05, 4.69) is 15.9 Å². The van der Waals surface area contributed by atoms with E-state index in [1.807, 2.05) is 30.3 Å². The Morgan fingerprint density at radius 3 is 2.57 bits per heavy atom. The molecule has 8 heteroatoms.